The molecule has 6 heteroatoms. The standard InChI is InChI=1S/C22H25N3O2S/c1-15(2)13-25(22(27)23-17-7-6-8-18(12-17)28-3)14-16-11-21(26)24-20-10-5-4-9-19(16)20/h4-12,15H,13-14H2,1-3H3,(H,23,27)(H,24,26). The molecule has 0 radical (unpaired) electrons. The Balaban J connectivity index is 1.88. The smallest absolute Gasteiger partial charge is 0.322 e. The maximum atomic E-state index is 13.0. The van der Waals surface area contributed by atoms with Gasteiger partial charge in [0, 0.05) is 40.6 Å². The third-order valence-electron chi connectivity index (χ3n) is 4.39. The third kappa shape index (κ3) is 4.95. The number of urea groups is 1. The van der Waals surface area contributed by atoms with Crippen LogP contribution in [0.1, 0.15) is 19.4 Å². The predicted molar refractivity (Wildman–Crippen MR) is 117 cm³/mol. The first kappa shape index (κ1) is 20.0. The van der Waals surface area contributed by atoms with E-state index in [-0.39, 0.29) is 11.6 Å². The van der Waals surface area contributed by atoms with Crippen LogP contribution in [0.4, 0.5) is 10.5 Å². The molecule has 0 bridgehead atoms. The van der Waals surface area contributed by atoms with E-state index in [2.05, 4.69) is 24.1 Å². The second-order valence-electron chi connectivity index (χ2n) is 7.14. The van der Waals surface area contributed by atoms with E-state index < -0.39 is 0 Å². The van der Waals surface area contributed by atoms with Crippen molar-refractivity contribution in [2.24, 2.45) is 5.92 Å². The summed E-state index contributed by atoms with van der Waals surface area (Å²) in [6, 6.07) is 16.9. The van der Waals surface area contributed by atoms with Gasteiger partial charge in [0.05, 0.1) is 0 Å². The quantitative estimate of drug-likeness (QED) is 0.581. The van der Waals surface area contributed by atoms with Crippen LogP contribution in [0.2, 0.25) is 0 Å². The molecule has 2 amide bonds. The second kappa shape index (κ2) is 8.97. The zero-order chi connectivity index (χ0) is 20.1. The molecule has 1 aromatic heterocycles. The van der Waals surface area contributed by atoms with Crippen LogP contribution < -0.4 is 10.9 Å². The molecule has 1 heterocycles. The molecule has 0 aliphatic carbocycles. The molecule has 0 aliphatic rings. The van der Waals surface area contributed by atoms with Crippen LogP contribution in [0.3, 0.4) is 0 Å². The lowest BCUT2D eigenvalue weighted by Gasteiger charge is -2.25. The molecule has 2 N–H and O–H groups in total. The predicted octanol–water partition coefficient (Wildman–Crippen LogP) is 4.94. The molecular weight excluding hydrogens is 370 g/mol. The van der Waals surface area contributed by atoms with Crippen LogP contribution in [0.15, 0.2) is 64.3 Å². The number of para-hydroxylation sites is 1. The number of H-pyrrole nitrogens is 1. The van der Waals surface area contributed by atoms with E-state index in [0.717, 1.165) is 27.0 Å². The highest BCUT2D eigenvalue weighted by Crippen LogP contribution is 2.21. The Bertz CT molecular complexity index is 1030. The minimum Gasteiger partial charge on any atom is -0.322 e. The first-order valence-corrected chi connectivity index (χ1v) is 10.5. The Morgan fingerprint density at radius 3 is 2.68 bits per heavy atom. The minimum atomic E-state index is -0.170. The van der Waals surface area contributed by atoms with E-state index in [9.17, 15) is 9.59 Å². The Morgan fingerprint density at radius 1 is 1.14 bits per heavy atom. The zero-order valence-electron chi connectivity index (χ0n) is 16.4. The molecule has 2 aromatic carbocycles. The van der Waals surface area contributed by atoms with Gasteiger partial charge in [-0.2, -0.15) is 0 Å². The summed E-state index contributed by atoms with van der Waals surface area (Å²) in [6.07, 6.45) is 2.00. The van der Waals surface area contributed by atoms with Crippen molar-refractivity contribution in [1.29, 1.82) is 0 Å². The van der Waals surface area contributed by atoms with Crippen molar-refractivity contribution in [3.8, 4) is 0 Å². The van der Waals surface area contributed by atoms with Crippen molar-refractivity contribution in [2.75, 3.05) is 18.1 Å². The largest absolute Gasteiger partial charge is 0.322 e. The molecule has 5 nitrogen and oxygen atoms in total. The van der Waals surface area contributed by atoms with Crippen molar-refractivity contribution >= 4 is 34.4 Å². The third-order valence-corrected chi connectivity index (χ3v) is 5.12. The van der Waals surface area contributed by atoms with Crippen LogP contribution in [0.25, 0.3) is 10.9 Å². The number of amides is 2. The van der Waals surface area contributed by atoms with Gasteiger partial charge in [0.2, 0.25) is 5.56 Å². The number of anilines is 1. The fourth-order valence-corrected chi connectivity index (χ4v) is 3.64. The number of fused-ring (bicyclic) bond motifs is 1. The highest BCUT2D eigenvalue weighted by molar-refractivity contribution is 7.98. The summed E-state index contributed by atoms with van der Waals surface area (Å²) in [5, 5.41) is 3.94. The number of hydrogen-bond acceptors (Lipinski definition) is 3. The molecule has 3 rings (SSSR count). The van der Waals surface area contributed by atoms with Gasteiger partial charge in [0.1, 0.15) is 0 Å². The molecule has 0 saturated carbocycles. The summed E-state index contributed by atoms with van der Waals surface area (Å²) in [7, 11) is 0. The Morgan fingerprint density at radius 2 is 1.93 bits per heavy atom. The van der Waals surface area contributed by atoms with E-state index >= 15 is 0 Å². The number of aromatic amines is 1. The van der Waals surface area contributed by atoms with Gasteiger partial charge in [-0.3, -0.25) is 4.79 Å². The Hall–Kier alpha value is -2.73. The molecule has 3 aromatic rings. The average Bonchev–Trinajstić information content (AvgIpc) is 2.67. The number of nitrogens with one attached hydrogen (secondary N) is 2. The summed E-state index contributed by atoms with van der Waals surface area (Å²) in [4.78, 5) is 30.8. The van der Waals surface area contributed by atoms with Crippen LogP contribution in [-0.4, -0.2) is 28.7 Å². The normalized spacial score (nSPS) is 11.0. The summed E-state index contributed by atoms with van der Waals surface area (Å²) in [5.74, 6) is 0.302. The Labute approximate surface area is 169 Å². The molecule has 0 fully saturated rings. The average molecular weight is 396 g/mol. The monoisotopic (exact) mass is 395 g/mol. The number of nitrogens with zero attached hydrogens (tertiary/aromatic N) is 1. The highest BCUT2D eigenvalue weighted by atomic mass is 32.2. The highest BCUT2D eigenvalue weighted by Gasteiger charge is 2.17. The fraction of sp³-hybridized carbons (Fsp3) is 0.273. The maximum Gasteiger partial charge on any atom is 0.322 e. The summed E-state index contributed by atoms with van der Waals surface area (Å²) >= 11 is 1.63. The number of carbonyl (C=O) groups excluding carboxylic acids is 1. The van der Waals surface area contributed by atoms with E-state index in [1.807, 2.05) is 54.8 Å². The summed E-state index contributed by atoms with van der Waals surface area (Å²) < 4.78 is 0. The van der Waals surface area contributed by atoms with E-state index in [1.54, 1.807) is 22.7 Å². The van der Waals surface area contributed by atoms with E-state index in [1.165, 1.54) is 0 Å². The molecule has 0 atom stereocenters. The van der Waals surface area contributed by atoms with E-state index in [4.69, 9.17) is 0 Å². The fourth-order valence-electron chi connectivity index (χ4n) is 3.18. The Kier molecular flexibility index (Phi) is 6.41. The van der Waals surface area contributed by atoms with Crippen molar-refractivity contribution in [2.45, 2.75) is 25.3 Å². The van der Waals surface area contributed by atoms with Gasteiger partial charge < -0.3 is 15.2 Å². The number of carbonyl (C=O) groups is 1. The maximum absolute atomic E-state index is 13.0. The van der Waals surface area contributed by atoms with Crippen molar-refractivity contribution in [3.63, 3.8) is 0 Å². The van der Waals surface area contributed by atoms with Gasteiger partial charge in [0.25, 0.3) is 0 Å². The topological polar surface area (TPSA) is 65.2 Å². The number of rotatable bonds is 6. The van der Waals surface area contributed by atoms with Crippen molar-refractivity contribution in [1.82, 2.24) is 9.88 Å². The lowest BCUT2D eigenvalue weighted by molar-refractivity contribution is 0.202. The number of pyridine rings is 1. The van der Waals surface area contributed by atoms with Gasteiger partial charge in [-0.05, 0) is 42.0 Å². The van der Waals surface area contributed by atoms with Crippen molar-refractivity contribution in [3.05, 3.63) is 70.5 Å². The number of thioether (sulfide) groups is 1. The minimum absolute atomic E-state index is 0.161. The molecule has 0 spiro atoms. The van der Waals surface area contributed by atoms with Gasteiger partial charge in [0.15, 0.2) is 0 Å². The number of benzene rings is 2. The lowest BCUT2D eigenvalue weighted by Crippen LogP contribution is -2.37. The molecule has 28 heavy (non-hydrogen) atoms. The van der Waals surface area contributed by atoms with E-state index in [0.29, 0.717) is 19.0 Å². The van der Waals surface area contributed by atoms with Crippen LogP contribution in [-0.2, 0) is 6.54 Å². The molecule has 0 saturated heterocycles. The first-order chi connectivity index (χ1) is 13.5. The van der Waals surface area contributed by atoms with Crippen LogP contribution in [0, 0.1) is 5.92 Å². The van der Waals surface area contributed by atoms with Gasteiger partial charge in [-0.1, -0.05) is 38.1 Å². The van der Waals surface area contributed by atoms with Crippen LogP contribution in [0.5, 0.6) is 0 Å². The summed E-state index contributed by atoms with van der Waals surface area (Å²) in [6.45, 7) is 5.11. The number of aromatic nitrogens is 1. The van der Waals surface area contributed by atoms with Gasteiger partial charge >= 0.3 is 6.03 Å². The first-order valence-electron chi connectivity index (χ1n) is 9.27. The molecule has 146 valence electrons. The molecular formula is C22H25N3O2S. The second-order valence-corrected chi connectivity index (χ2v) is 8.02. The molecule has 0 aliphatic heterocycles. The van der Waals surface area contributed by atoms with Gasteiger partial charge in [-0.15, -0.1) is 11.8 Å². The SMILES string of the molecule is CSc1cccc(NC(=O)N(Cc2cc(=O)[nH]c3ccccc23)CC(C)C)c1. The van der Waals surface area contributed by atoms with Crippen molar-refractivity contribution < 1.29 is 4.79 Å². The summed E-state index contributed by atoms with van der Waals surface area (Å²) in [5.41, 5.74) is 2.23. The van der Waals surface area contributed by atoms with Gasteiger partial charge in [-0.25, -0.2) is 4.79 Å². The lowest BCUT2D eigenvalue weighted by atomic mass is 10.1. The van der Waals surface area contributed by atoms with Crippen LogP contribution >= 0.6 is 11.8 Å². The molecule has 0 unspecified atom stereocenters. The number of hydrogen-bond donors (Lipinski definition) is 2. The zero-order valence-corrected chi connectivity index (χ0v) is 17.2.